The minimum atomic E-state index is -1.34. The van der Waals surface area contributed by atoms with Gasteiger partial charge in [-0.15, -0.1) is 11.1 Å². The van der Waals surface area contributed by atoms with E-state index in [-0.39, 0.29) is 10.5 Å². The van der Waals surface area contributed by atoms with Crippen molar-refractivity contribution in [1.82, 2.24) is 0 Å². The molecule has 1 rings (SSSR count). The second kappa shape index (κ2) is 3.76. The number of thiol groups is 1. The number of hydrogen-bond acceptors (Lipinski definition) is 3. The molecule has 0 aromatic heterocycles. The summed E-state index contributed by atoms with van der Waals surface area (Å²) in [5.74, 6) is -1.37. The van der Waals surface area contributed by atoms with E-state index in [2.05, 4.69) is 15.9 Å². The number of carbonyl (C=O) groups excluding carboxylic acids is 2. The Morgan fingerprint density at radius 2 is 1.79 bits per heavy atom. The maximum absolute atomic E-state index is 11.1. The van der Waals surface area contributed by atoms with E-state index in [1.54, 1.807) is 6.92 Å². The van der Waals surface area contributed by atoms with Gasteiger partial charge in [0.2, 0.25) is 5.91 Å². The first-order valence-corrected chi connectivity index (χ1v) is 5.83. The number of hydrogen-bond donors (Lipinski definition) is 4. The van der Waals surface area contributed by atoms with Gasteiger partial charge in [0.1, 0.15) is 0 Å². The first-order valence-electron chi connectivity index (χ1n) is 3.63. The van der Waals surface area contributed by atoms with E-state index < -0.39 is 22.9 Å². The molecule has 78 valence electrons. The highest BCUT2D eigenvalue weighted by Gasteiger charge is 2.31. The Hall–Kier alpha value is -0.790. The summed E-state index contributed by atoms with van der Waals surface area (Å²) in [6.07, 6.45) is 0. The zero-order valence-electron chi connectivity index (χ0n) is 7.37. The lowest BCUT2D eigenvalue weighted by atomic mass is 10.1. The molecule has 0 aliphatic carbocycles. The lowest BCUT2D eigenvalue weighted by Gasteiger charge is -2.11. The molecule has 5 nitrogen and oxygen atoms in total. The van der Waals surface area contributed by atoms with Crippen molar-refractivity contribution < 1.29 is 9.59 Å². The fourth-order valence-corrected chi connectivity index (χ4v) is 3.38. The number of primary amides is 2. The summed E-state index contributed by atoms with van der Waals surface area (Å²) in [6.45, 7) is 1.67. The molecule has 0 spiro atoms. The van der Waals surface area contributed by atoms with Crippen molar-refractivity contribution in [3.63, 3.8) is 0 Å². The molecule has 1 heterocycles. The van der Waals surface area contributed by atoms with Crippen molar-refractivity contribution >= 4 is 38.8 Å². The quantitative estimate of drug-likeness (QED) is 0.522. The van der Waals surface area contributed by atoms with Crippen LogP contribution in [0.1, 0.15) is 6.92 Å². The van der Waals surface area contributed by atoms with Gasteiger partial charge in [-0.3, -0.25) is 14.7 Å². The third kappa shape index (κ3) is 1.58. The maximum atomic E-state index is 11.1. The maximum Gasteiger partial charge on any atom is 0.255 e. The average Bonchev–Trinajstić information content (AvgIpc) is 2.29. The Kier molecular flexibility index (Phi) is 3.03. The molecule has 0 aromatic carbocycles. The number of amides is 2. The monoisotopic (exact) mass is 279 g/mol. The van der Waals surface area contributed by atoms with E-state index in [0.29, 0.717) is 9.39 Å². The Balaban J connectivity index is 3.37. The van der Waals surface area contributed by atoms with Crippen molar-refractivity contribution in [2.75, 3.05) is 0 Å². The first kappa shape index (κ1) is 11.3. The van der Waals surface area contributed by atoms with Gasteiger partial charge in [-0.25, -0.2) is 0 Å². The molecular formula is C7H10BrN3O2S. The highest BCUT2D eigenvalue weighted by molar-refractivity contribution is 9.14. The van der Waals surface area contributed by atoms with Gasteiger partial charge in [0, 0.05) is 0 Å². The largest absolute Gasteiger partial charge is 0.366 e. The minimum absolute atomic E-state index is 0.136. The summed E-state index contributed by atoms with van der Waals surface area (Å²) in [6, 6.07) is 0. The first-order chi connectivity index (χ1) is 6.37. The van der Waals surface area contributed by atoms with Crippen LogP contribution in [-0.4, -0.2) is 11.8 Å². The van der Waals surface area contributed by atoms with Crippen molar-refractivity contribution in [1.29, 1.82) is 0 Å². The van der Waals surface area contributed by atoms with Crippen LogP contribution in [0.15, 0.2) is 19.9 Å². The summed E-state index contributed by atoms with van der Waals surface area (Å²) in [5, 5.41) is 5.74. The van der Waals surface area contributed by atoms with Crippen LogP contribution in [0.3, 0.4) is 0 Å². The minimum Gasteiger partial charge on any atom is -0.366 e. The normalized spacial score (nSPS) is 24.4. The van der Waals surface area contributed by atoms with Crippen LogP contribution in [0.4, 0.5) is 0 Å². The SMILES string of the molecule is CC1=C(Br)[SH](N)C(C(N)=O)=C1C(N)=O. The lowest BCUT2D eigenvalue weighted by Crippen LogP contribution is -2.22. The molecule has 1 aliphatic rings. The van der Waals surface area contributed by atoms with Gasteiger partial charge in [0.25, 0.3) is 5.91 Å². The smallest absolute Gasteiger partial charge is 0.255 e. The summed E-state index contributed by atoms with van der Waals surface area (Å²) >= 11 is 1.87. The van der Waals surface area contributed by atoms with Crippen LogP contribution in [0.5, 0.6) is 0 Å². The molecule has 7 heteroatoms. The van der Waals surface area contributed by atoms with Gasteiger partial charge in [0.05, 0.1) is 14.3 Å². The second-order valence-electron chi connectivity index (χ2n) is 2.74. The summed E-state index contributed by atoms with van der Waals surface area (Å²) < 4.78 is 0.634. The molecule has 0 fully saturated rings. The predicted octanol–water partition coefficient (Wildman–Crippen LogP) is -0.274. The summed E-state index contributed by atoms with van der Waals surface area (Å²) in [4.78, 5) is 22.3. The molecule has 0 aromatic rings. The van der Waals surface area contributed by atoms with Gasteiger partial charge < -0.3 is 11.5 Å². The highest BCUT2D eigenvalue weighted by atomic mass is 79.9. The van der Waals surface area contributed by atoms with Crippen LogP contribution < -0.4 is 16.6 Å². The summed E-state index contributed by atoms with van der Waals surface area (Å²) in [5.41, 5.74) is 11.0. The Labute approximate surface area is 92.0 Å². The molecule has 0 saturated carbocycles. The topological polar surface area (TPSA) is 112 Å². The van der Waals surface area contributed by atoms with Gasteiger partial charge >= 0.3 is 0 Å². The molecule has 0 saturated heterocycles. The standard InChI is InChI=1S/C7H10BrN3O2S/c1-2-3(6(9)12)4(7(10)13)14(11)5(2)8/h14H,11H2,1H3,(H2,9,12)(H2,10,13). The number of halogens is 1. The molecule has 1 aliphatic heterocycles. The molecule has 2 amide bonds. The van der Waals surface area contributed by atoms with Crippen LogP contribution in [0, 0.1) is 0 Å². The molecule has 14 heavy (non-hydrogen) atoms. The van der Waals surface area contributed by atoms with Crippen molar-refractivity contribution in [3.05, 3.63) is 19.9 Å². The molecule has 1 atom stereocenters. The predicted molar refractivity (Wildman–Crippen MR) is 60.2 cm³/mol. The molecular weight excluding hydrogens is 270 g/mol. The van der Waals surface area contributed by atoms with Gasteiger partial charge in [0.15, 0.2) is 0 Å². The van der Waals surface area contributed by atoms with Crippen LogP contribution in [0.25, 0.3) is 0 Å². The van der Waals surface area contributed by atoms with Crippen molar-refractivity contribution in [2.45, 2.75) is 6.92 Å². The van der Waals surface area contributed by atoms with Crippen LogP contribution in [-0.2, 0) is 9.59 Å². The molecule has 6 N–H and O–H groups in total. The number of carbonyl (C=O) groups is 2. The molecule has 0 radical (unpaired) electrons. The zero-order valence-corrected chi connectivity index (χ0v) is 9.85. The van der Waals surface area contributed by atoms with E-state index in [1.165, 1.54) is 0 Å². The van der Waals surface area contributed by atoms with E-state index >= 15 is 0 Å². The van der Waals surface area contributed by atoms with Crippen LogP contribution in [0.2, 0.25) is 0 Å². The van der Waals surface area contributed by atoms with E-state index in [9.17, 15) is 9.59 Å². The Morgan fingerprint density at radius 1 is 1.29 bits per heavy atom. The number of rotatable bonds is 2. The molecule has 1 unspecified atom stereocenters. The Bertz CT molecular complexity index is 388. The van der Waals surface area contributed by atoms with Gasteiger partial charge in [-0.2, -0.15) is 0 Å². The third-order valence-electron chi connectivity index (χ3n) is 1.85. The molecule has 0 bridgehead atoms. The van der Waals surface area contributed by atoms with Crippen molar-refractivity contribution in [2.24, 2.45) is 16.6 Å². The lowest BCUT2D eigenvalue weighted by molar-refractivity contribution is -0.116. The highest BCUT2D eigenvalue weighted by Crippen LogP contribution is 2.51. The third-order valence-corrected chi connectivity index (χ3v) is 5.28. The Morgan fingerprint density at radius 3 is 2.07 bits per heavy atom. The van der Waals surface area contributed by atoms with E-state index in [0.717, 1.165) is 0 Å². The zero-order chi connectivity index (χ0) is 11.0. The van der Waals surface area contributed by atoms with Crippen LogP contribution >= 0.6 is 27.0 Å². The fourth-order valence-electron chi connectivity index (χ4n) is 1.22. The van der Waals surface area contributed by atoms with Crippen molar-refractivity contribution in [3.8, 4) is 0 Å². The van der Waals surface area contributed by atoms with Gasteiger partial charge in [-0.1, -0.05) is 0 Å². The van der Waals surface area contributed by atoms with E-state index in [4.69, 9.17) is 16.6 Å². The second-order valence-corrected chi connectivity index (χ2v) is 5.78. The van der Waals surface area contributed by atoms with Gasteiger partial charge in [-0.05, 0) is 28.4 Å². The van der Waals surface area contributed by atoms with E-state index in [1.807, 2.05) is 0 Å². The average molecular weight is 280 g/mol. The fraction of sp³-hybridized carbons (Fsp3) is 0.143. The summed E-state index contributed by atoms with van der Waals surface area (Å²) in [7, 11) is 0. The number of nitrogens with two attached hydrogens (primary N) is 3.